The Bertz CT molecular complexity index is 444. The number of hydrogen-bond acceptors (Lipinski definition) is 2. The quantitative estimate of drug-likeness (QED) is 0.620. The van der Waals surface area contributed by atoms with Crippen molar-refractivity contribution in [3.05, 3.63) is 0 Å². The van der Waals surface area contributed by atoms with Crippen LogP contribution in [0.25, 0.3) is 0 Å². The monoisotopic (exact) mass is 340 g/mol. The van der Waals surface area contributed by atoms with Crippen molar-refractivity contribution < 1.29 is 8.42 Å². The first-order valence-corrected chi connectivity index (χ1v) is 11.4. The van der Waals surface area contributed by atoms with E-state index in [2.05, 4.69) is 27.5 Å². The molecule has 2 atom stereocenters. The zero-order valence-corrected chi connectivity index (χ0v) is 17.2. The molecule has 0 aromatic heterocycles. The van der Waals surface area contributed by atoms with Crippen molar-refractivity contribution in [2.24, 2.45) is 5.92 Å². The second-order valence-electron chi connectivity index (χ2n) is 9.22. The van der Waals surface area contributed by atoms with E-state index in [0.29, 0.717) is 18.3 Å². The van der Waals surface area contributed by atoms with Gasteiger partial charge >= 0.3 is 0 Å². The highest BCUT2D eigenvalue weighted by Crippen LogP contribution is 2.35. The van der Waals surface area contributed by atoms with E-state index in [4.69, 9.17) is 0 Å². The van der Waals surface area contributed by atoms with Crippen LogP contribution in [0.3, 0.4) is 0 Å². The van der Waals surface area contributed by atoms with E-state index >= 15 is 0 Å². The highest BCUT2D eigenvalue weighted by molar-refractivity contribution is 8.16. The fraction of sp³-hybridized carbons (Fsp3) is 1.00. The van der Waals surface area contributed by atoms with Gasteiger partial charge in [-0.25, -0.2) is 8.42 Å². The summed E-state index contributed by atoms with van der Waals surface area (Å²) >= 11 is 0. The van der Waals surface area contributed by atoms with Gasteiger partial charge in [-0.1, -0.05) is 78.3 Å². The summed E-state index contributed by atoms with van der Waals surface area (Å²) in [6, 6.07) is 0. The molecule has 2 unspecified atom stereocenters. The van der Waals surface area contributed by atoms with Crippen molar-refractivity contribution in [2.45, 2.75) is 109 Å². The molecule has 1 rings (SSSR count). The molecule has 0 saturated heterocycles. The fourth-order valence-electron chi connectivity index (χ4n) is 4.28. The summed E-state index contributed by atoms with van der Waals surface area (Å²) in [4.78, 5) is 0. The summed E-state index contributed by atoms with van der Waals surface area (Å²) in [6.07, 6.45) is 9.25. The van der Waals surface area contributed by atoms with Gasteiger partial charge in [0.25, 0.3) is 6.56 Å². The molecule has 2 nitrogen and oxygen atoms in total. The minimum Gasteiger partial charge on any atom is -0.241 e. The van der Waals surface area contributed by atoms with Crippen LogP contribution in [-0.4, -0.2) is 26.4 Å². The first-order valence-electron chi connectivity index (χ1n) is 9.77. The van der Waals surface area contributed by atoms with Gasteiger partial charge in [0.05, 0.1) is 4.75 Å². The predicted octanol–water partition coefficient (Wildman–Crippen LogP) is 5.23. The molecule has 0 heterocycles. The molecule has 0 aromatic carbocycles. The van der Waals surface area contributed by atoms with Crippen molar-refractivity contribution in [1.82, 2.24) is 0 Å². The molecule has 23 heavy (non-hydrogen) atoms. The first kappa shape index (κ1) is 21.1. The second kappa shape index (κ2) is 8.97. The lowest BCUT2D eigenvalue weighted by molar-refractivity contribution is 0.470. The molecular formula is C18H38B2O2S. The molecule has 0 aromatic rings. The molecule has 0 bridgehead atoms. The Labute approximate surface area is 146 Å². The summed E-state index contributed by atoms with van der Waals surface area (Å²) in [6.45, 7) is 13.9. The lowest BCUT2D eigenvalue weighted by atomic mass is 9.43. The van der Waals surface area contributed by atoms with E-state index in [1.54, 1.807) is 0 Å². The van der Waals surface area contributed by atoms with Gasteiger partial charge in [-0.2, -0.15) is 0 Å². The average molecular weight is 340 g/mol. The summed E-state index contributed by atoms with van der Waals surface area (Å²) in [5, 5.41) is 0. The van der Waals surface area contributed by atoms with E-state index in [1.165, 1.54) is 32.1 Å². The SMILES string of the molecule is CB(C)C1CCCCC(BS(=O)(=O)C(C)(C)CC(C)C)CCC1. The predicted molar refractivity (Wildman–Crippen MR) is 107 cm³/mol. The second-order valence-corrected chi connectivity index (χ2v) is 11.9. The van der Waals surface area contributed by atoms with Gasteiger partial charge in [-0.05, 0) is 32.0 Å². The Morgan fingerprint density at radius 1 is 1.04 bits per heavy atom. The largest absolute Gasteiger partial charge is 0.277 e. The Morgan fingerprint density at radius 3 is 2.13 bits per heavy atom. The maximum absolute atomic E-state index is 12.9. The van der Waals surface area contributed by atoms with Gasteiger partial charge in [0.2, 0.25) is 0 Å². The van der Waals surface area contributed by atoms with E-state index in [-0.39, 0.29) is 0 Å². The maximum Gasteiger partial charge on any atom is 0.277 e. The van der Waals surface area contributed by atoms with E-state index in [1.807, 2.05) is 13.8 Å². The molecule has 0 aliphatic heterocycles. The van der Waals surface area contributed by atoms with Gasteiger partial charge in [0, 0.05) is 0 Å². The molecule has 134 valence electrons. The average Bonchev–Trinajstić information content (AvgIpc) is 2.48. The highest BCUT2D eigenvalue weighted by atomic mass is 32.2. The van der Waals surface area contributed by atoms with Crippen LogP contribution in [0.5, 0.6) is 0 Å². The lowest BCUT2D eigenvalue weighted by Gasteiger charge is -2.28. The molecule has 1 aliphatic carbocycles. The van der Waals surface area contributed by atoms with Gasteiger partial charge in [0.1, 0.15) is 16.4 Å². The molecule has 0 spiro atoms. The van der Waals surface area contributed by atoms with Crippen LogP contribution in [0.4, 0.5) is 0 Å². The topological polar surface area (TPSA) is 34.1 Å². The number of hydrogen-bond donors (Lipinski definition) is 0. The third-order valence-corrected chi connectivity index (χ3v) is 8.53. The molecule has 0 amide bonds. The van der Waals surface area contributed by atoms with E-state index < -0.39 is 14.4 Å². The minimum atomic E-state index is -3.02. The summed E-state index contributed by atoms with van der Waals surface area (Å²) in [5.41, 5.74) is 0. The first-order chi connectivity index (χ1) is 10.5. The lowest BCUT2D eigenvalue weighted by Crippen LogP contribution is -2.38. The highest BCUT2D eigenvalue weighted by Gasteiger charge is 2.37. The van der Waals surface area contributed by atoms with Crippen molar-refractivity contribution in [1.29, 1.82) is 0 Å². The third-order valence-electron chi connectivity index (χ3n) is 5.76. The molecule has 1 saturated carbocycles. The van der Waals surface area contributed by atoms with E-state index in [9.17, 15) is 8.42 Å². The van der Waals surface area contributed by atoms with Crippen molar-refractivity contribution in [3.8, 4) is 0 Å². The van der Waals surface area contributed by atoms with Crippen LogP contribution in [0.2, 0.25) is 25.3 Å². The van der Waals surface area contributed by atoms with Gasteiger partial charge < -0.3 is 0 Å². The Morgan fingerprint density at radius 2 is 1.57 bits per heavy atom. The van der Waals surface area contributed by atoms with Crippen LogP contribution >= 0.6 is 0 Å². The molecule has 5 heteroatoms. The third kappa shape index (κ3) is 6.84. The van der Waals surface area contributed by atoms with Crippen molar-refractivity contribution in [2.75, 3.05) is 0 Å². The van der Waals surface area contributed by atoms with Crippen LogP contribution in [0.1, 0.15) is 79.1 Å². The molecular weight excluding hydrogens is 302 g/mol. The standard InChI is InChI=1S/C18H38B2O2S/c1-15(2)14-18(3,4)23(21,22)19-16-10-7-8-12-17(20(5)6)13-9-11-16/h15-17,19H,7-14H2,1-6H3. The van der Waals surface area contributed by atoms with Crippen molar-refractivity contribution in [3.63, 3.8) is 0 Å². The Kier molecular flexibility index (Phi) is 8.23. The van der Waals surface area contributed by atoms with Gasteiger partial charge in [0.15, 0.2) is 0 Å². The summed E-state index contributed by atoms with van der Waals surface area (Å²) < 4.78 is 25.2. The van der Waals surface area contributed by atoms with Crippen LogP contribution in [0.15, 0.2) is 0 Å². The smallest absolute Gasteiger partial charge is 0.241 e. The normalized spacial score (nSPS) is 24.7. The zero-order valence-electron chi connectivity index (χ0n) is 16.4. The molecule has 0 N–H and O–H groups in total. The maximum atomic E-state index is 12.9. The van der Waals surface area contributed by atoms with Crippen LogP contribution in [0, 0.1) is 5.92 Å². The van der Waals surface area contributed by atoms with Crippen LogP contribution < -0.4 is 0 Å². The van der Waals surface area contributed by atoms with E-state index in [0.717, 1.165) is 31.8 Å². The van der Waals surface area contributed by atoms with Crippen molar-refractivity contribution >= 4 is 23.0 Å². The fourth-order valence-corrected chi connectivity index (χ4v) is 6.27. The summed E-state index contributed by atoms with van der Waals surface area (Å²) in [5.74, 6) is 1.63. The molecule has 0 radical (unpaired) electrons. The molecule has 1 fully saturated rings. The van der Waals surface area contributed by atoms with Crippen LogP contribution in [-0.2, 0) is 9.69 Å². The Balaban J connectivity index is 2.68. The Hall–Kier alpha value is 0.0799. The van der Waals surface area contributed by atoms with Gasteiger partial charge in [-0.15, -0.1) is 0 Å². The number of rotatable bonds is 6. The summed E-state index contributed by atoms with van der Waals surface area (Å²) in [7, 11) is -3.02. The minimum absolute atomic E-state index is 0.373. The van der Waals surface area contributed by atoms with Gasteiger partial charge in [-0.3, -0.25) is 0 Å². The molecule has 1 aliphatic rings. The zero-order chi connectivity index (χ0) is 17.7.